The summed E-state index contributed by atoms with van der Waals surface area (Å²) in [4.78, 5) is 0. The molecule has 0 fully saturated rings. The fourth-order valence-electron chi connectivity index (χ4n) is 1.72. The van der Waals surface area contributed by atoms with Crippen LogP contribution in [0, 0.1) is 0 Å². The Labute approximate surface area is 122 Å². The van der Waals surface area contributed by atoms with Crippen LogP contribution in [0.2, 0.25) is 0 Å². The van der Waals surface area contributed by atoms with Crippen LogP contribution in [0.15, 0.2) is 48.5 Å². The van der Waals surface area contributed by atoms with Gasteiger partial charge in [-0.05, 0) is 35.4 Å². The van der Waals surface area contributed by atoms with Gasteiger partial charge in [-0.3, -0.25) is 0 Å². The van der Waals surface area contributed by atoms with Gasteiger partial charge in [-0.1, -0.05) is 58.9 Å². The van der Waals surface area contributed by atoms with E-state index >= 15 is 0 Å². The van der Waals surface area contributed by atoms with E-state index in [1.54, 1.807) is 24.3 Å². The summed E-state index contributed by atoms with van der Waals surface area (Å²) >= 11 is 0. The summed E-state index contributed by atoms with van der Waals surface area (Å²) < 4.78 is 0. The second kappa shape index (κ2) is 9.90. The molecular weight excluding hydrogens is 248 g/mol. The highest BCUT2D eigenvalue weighted by atomic mass is 16.3. The Kier molecular flexibility index (Phi) is 8.93. The van der Waals surface area contributed by atoms with E-state index in [1.165, 1.54) is 0 Å². The van der Waals surface area contributed by atoms with Gasteiger partial charge in [0, 0.05) is 5.92 Å². The monoisotopic (exact) mass is 274 g/mol. The van der Waals surface area contributed by atoms with Crippen LogP contribution < -0.4 is 0 Å². The maximum Gasteiger partial charge on any atom is 0.115 e. The van der Waals surface area contributed by atoms with Gasteiger partial charge in [-0.25, -0.2) is 0 Å². The van der Waals surface area contributed by atoms with Gasteiger partial charge in [0.2, 0.25) is 0 Å². The standard InChI is InChI=1S/C14H14O2.2C2H6/c1-10(11-2-6-13(15)7-3-11)12-4-8-14(16)9-5-12;2*1-2/h2-10,15-16H,1H3;2*1-2H3. The van der Waals surface area contributed by atoms with Crippen LogP contribution in [0.1, 0.15) is 51.7 Å². The summed E-state index contributed by atoms with van der Waals surface area (Å²) in [6.45, 7) is 10.1. The van der Waals surface area contributed by atoms with Gasteiger partial charge in [-0.15, -0.1) is 0 Å². The van der Waals surface area contributed by atoms with E-state index < -0.39 is 0 Å². The molecular formula is C18H26O2. The van der Waals surface area contributed by atoms with E-state index in [2.05, 4.69) is 6.92 Å². The molecule has 0 aliphatic heterocycles. The average molecular weight is 274 g/mol. The number of phenolic OH excluding ortho intramolecular Hbond substituents is 2. The summed E-state index contributed by atoms with van der Waals surface area (Å²) in [5, 5.41) is 18.4. The summed E-state index contributed by atoms with van der Waals surface area (Å²) in [6, 6.07) is 14.4. The van der Waals surface area contributed by atoms with E-state index in [1.807, 2.05) is 52.0 Å². The summed E-state index contributed by atoms with van der Waals surface area (Å²) in [7, 11) is 0. The van der Waals surface area contributed by atoms with Crippen LogP contribution in [-0.2, 0) is 0 Å². The molecule has 0 spiro atoms. The highest BCUT2D eigenvalue weighted by Gasteiger charge is 2.07. The molecule has 0 aliphatic carbocycles. The molecule has 0 bridgehead atoms. The first-order chi connectivity index (χ1) is 9.66. The van der Waals surface area contributed by atoms with Gasteiger partial charge in [0.1, 0.15) is 11.5 Å². The largest absolute Gasteiger partial charge is 0.508 e. The molecule has 0 unspecified atom stereocenters. The van der Waals surface area contributed by atoms with Crippen molar-refractivity contribution in [3.8, 4) is 11.5 Å². The molecule has 0 aliphatic rings. The van der Waals surface area contributed by atoms with Crippen molar-refractivity contribution in [1.82, 2.24) is 0 Å². The quantitative estimate of drug-likeness (QED) is 0.780. The third-order valence-electron chi connectivity index (χ3n) is 2.79. The Bertz CT molecular complexity index is 412. The van der Waals surface area contributed by atoms with Crippen molar-refractivity contribution in [2.24, 2.45) is 0 Å². The maximum absolute atomic E-state index is 9.21. The minimum atomic E-state index is 0.251. The number of phenols is 2. The normalized spacial score (nSPS) is 9.10. The minimum absolute atomic E-state index is 0.251. The molecule has 2 aromatic rings. The van der Waals surface area contributed by atoms with Crippen molar-refractivity contribution in [3.05, 3.63) is 59.7 Å². The maximum atomic E-state index is 9.21. The van der Waals surface area contributed by atoms with Crippen molar-refractivity contribution in [3.63, 3.8) is 0 Å². The van der Waals surface area contributed by atoms with Crippen molar-refractivity contribution >= 4 is 0 Å². The number of hydrogen-bond acceptors (Lipinski definition) is 2. The molecule has 0 radical (unpaired) electrons. The molecule has 0 saturated heterocycles. The topological polar surface area (TPSA) is 40.5 Å². The lowest BCUT2D eigenvalue weighted by molar-refractivity contribution is 0.475. The lowest BCUT2D eigenvalue weighted by Crippen LogP contribution is -1.94. The molecule has 0 atom stereocenters. The molecule has 0 saturated carbocycles. The number of hydrogen-bond donors (Lipinski definition) is 2. The average Bonchev–Trinajstić information content (AvgIpc) is 2.52. The first-order valence-corrected chi connectivity index (χ1v) is 7.24. The number of aromatic hydroxyl groups is 2. The molecule has 2 rings (SSSR count). The third-order valence-corrected chi connectivity index (χ3v) is 2.79. The van der Waals surface area contributed by atoms with E-state index in [-0.39, 0.29) is 17.4 Å². The Balaban J connectivity index is 0.000000829. The number of rotatable bonds is 2. The zero-order chi connectivity index (χ0) is 15.5. The second-order valence-corrected chi connectivity index (χ2v) is 3.90. The molecule has 2 heteroatoms. The smallest absolute Gasteiger partial charge is 0.115 e. The van der Waals surface area contributed by atoms with Crippen LogP contribution in [0.25, 0.3) is 0 Å². The lowest BCUT2D eigenvalue weighted by Gasteiger charge is -2.12. The zero-order valence-corrected chi connectivity index (χ0v) is 13.1. The summed E-state index contributed by atoms with van der Waals surface area (Å²) in [6.07, 6.45) is 0. The van der Waals surface area contributed by atoms with Gasteiger partial charge in [0.15, 0.2) is 0 Å². The SMILES string of the molecule is CC.CC.CC(c1ccc(O)cc1)c1ccc(O)cc1. The molecule has 20 heavy (non-hydrogen) atoms. The second-order valence-electron chi connectivity index (χ2n) is 3.90. The van der Waals surface area contributed by atoms with Crippen LogP contribution in [0.5, 0.6) is 11.5 Å². The van der Waals surface area contributed by atoms with Crippen molar-refractivity contribution < 1.29 is 10.2 Å². The Morgan fingerprint density at radius 3 is 1.10 bits per heavy atom. The lowest BCUT2D eigenvalue weighted by atomic mass is 9.93. The summed E-state index contributed by atoms with van der Waals surface area (Å²) in [5.41, 5.74) is 2.28. The Hall–Kier alpha value is -1.96. The van der Waals surface area contributed by atoms with Crippen LogP contribution in [-0.4, -0.2) is 10.2 Å². The van der Waals surface area contributed by atoms with Crippen LogP contribution >= 0.6 is 0 Å². The molecule has 0 amide bonds. The minimum Gasteiger partial charge on any atom is -0.508 e. The summed E-state index contributed by atoms with van der Waals surface area (Å²) in [5.74, 6) is 0.810. The molecule has 2 aromatic carbocycles. The molecule has 110 valence electrons. The Morgan fingerprint density at radius 2 is 0.850 bits per heavy atom. The van der Waals surface area contributed by atoms with E-state index in [4.69, 9.17) is 0 Å². The van der Waals surface area contributed by atoms with Crippen molar-refractivity contribution in [2.75, 3.05) is 0 Å². The first-order valence-electron chi connectivity index (χ1n) is 7.24. The van der Waals surface area contributed by atoms with Gasteiger partial charge >= 0.3 is 0 Å². The van der Waals surface area contributed by atoms with E-state index in [0.29, 0.717) is 0 Å². The Morgan fingerprint density at radius 1 is 0.600 bits per heavy atom. The third kappa shape index (κ3) is 5.35. The zero-order valence-electron chi connectivity index (χ0n) is 13.1. The molecule has 0 aromatic heterocycles. The predicted octanol–water partition coefficient (Wildman–Crippen LogP) is 5.30. The van der Waals surface area contributed by atoms with Crippen LogP contribution in [0.3, 0.4) is 0 Å². The van der Waals surface area contributed by atoms with Gasteiger partial charge in [0.05, 0.1) is 0 Å². The van der Waals surface area contributed by atoms with Gasteiger partial charge in [0.25, 0.3) is 0 Å². The van der Waals surface area contributed by atoms with Gasteiger partial charge < -0.3 is 10.2 Å². The van der Waals surface area contributed by atoms with Crippen molar-refractivity contribution in [1.29, 1.82) is 0 Å². The van der Waals surface area contributed by atoms with Crippen molar-refractivity contribution in [2.45, 2.75) is 40.5 Å². The fourth-order valence-corrected chi connectivity index (χ4v) is 1.72. The van der Waals surface area contributed by atoms with Gasteiger partial charge in [-0.2, -0.15) is 0 Å². The first kappa shape index (κ1) is 18.0. The highest BCUT2D eigenvalue weighted by molar-refractivity contribution is 5.36. The van der Waals surface area contributed by atoms with Crippen LogP contribution in [0.4, 0.5) is 0 Å². The highest BCUT2D eigenvalue weighted by Crippen LogP contribution is 2.26. The predicted molar refractivity (Wildman–Crippen MR) is 86.4 cm³/mol. The number of benzene rings is 2. The molecule has 2 N–H and O–H groups in total. The van der Waals surface area contributed by atoms with E-state index in [9.17, 15) is 10.2 Å². The molecule has 0 heterocycles. The fraction of sp³-hybridized carbons (Fsp3) is 0.333. The molecule has 2 nitrogen and oxygen atoms in total. The van der Waals surface area contributed by atoms with E-state index in [0.717, 1.165) is 11.1 Å².